The molecule has 0 fully saturated rings. The molecule has 0 aliphatic heterocycles. The summed E-state index contributed by atoms with van der Waals surface area (Å²) in [5, 5.41) is 0. The van der Waals surface area contributed by atoms with Crippen LogP contribution in [0.15, 0.2) is 0 Å². The van der Waals surface area contributed by atoms with Gasteiger partial charge in [0.1, 0.15) is 0 Å². The molecule has 0 spiro atoms. The molecule has 202 valence electrons. The van der Waals surface area contributed by atoms with Crippen molar-refractivity contribution in [1.82, 2.24) is 9.80 Å². The Morgan fingerprint density at radius 2 is 0.576 bits per heavy atom. The van der Waals surface area contributed by atoms with Crippen LogP contribution in [0.1, 0.15) is 155 Å². The van der Waals surface area contributed by atoms with Crippen molar-refractivity contribution in [2.24, 2.45) is 0 Å². The van der Waals surface area contributed by atoms with E-state index in [1.165, 1.54) is 167 Å². The second-order valence-electron chi connectivity index (χ2n) is 10.7. The molecular formula is C30H65ClN2. The highest BCUT2D eigenvalue weighted by Crippen LogP contribution is 2.13. The number of unbranched alkanes of at least 4 members (excludes halogenated alkanes) is 19. The van der Waals surface area contributed by atoms with E-state index in [0.717, 1.165) is 0 Å². The van der Waals surface area contributed by atoms with E-state index in [9.17, 15) is 0 Å². The third-order valence-corrected chi connectivity index (χ3v) is 6.99. The number of nitrogens with zero attached hydrogens (tertiary/aromatic N) is 2. The van der Waals surface area contributed by atoms with Crippen molar-refractivity contribution in [3.05, 3.63) is 0 Å². The predicted octanol–water partition coefficient (Wildman–Crippen LogP) is 9.89. The lowest BCUT2D eigenvalue weighted by molar-refractivity contribution is 0.250. The first-order chi connectivity index (χ1) is 15.7. The summed E-state index contributed by atoms with van der Waals surface area (Å²) in [6, 6.07) is 0. The summed E-state index contributed by atoms with van der Waals surface area (Å²) in [7, 11) is 4.40. The molecule has 0 heterocycles. The number of hydrogen-bond donors (Lipinski definition) is 0. The van der Waals surface area contributed by atoms with E-state index < -0.39 is 0 Å². The lowest BCUT2D eigenvalue weighted by Gasteiger charge is -2.23. The van der Waals surface area contributed by atoms with Crippen LogP contribution in [0.2, 0.25) is 0 Å². The molecule has 0 radical (unpaired) electrons. The highest BCUT2D eigenvalue weighted by Gasteiger charge is 2.05. The maximum Gasteiger partial charge on any atom is -0.00183 e. The van der Waals surface area contributed by atoms with Crippen LogP contribution in [0.4, 0.5) is 0 Å². The maximum absolute atomic E-state index is 2.80. The summed E-state index contributed by atoms with van der Waals surface area (Å²) in [4.78, 5) is 5.13. The SMILES string of the molecule is CCCCCCCCCCCCN(CCCCCCCCCCCC)CCCCN(C)C.Cl. The maximum atomic E-state index is 2.80. The van der Waals surface area contributed by atoms with E-state index in [2.05, 4.69) is 37.7 Å². The molecule has 0 bridgehead atoms. The average molecular weight is 489 g/mol. The first-order valence-electron chi connectivity index (χ1n) is 15.1. The van der Waals surface area contributed by atoms with E-state index in [1.807, 2.05) is 0 Å². The topological polar surface area (TPSA) is 6.48 Å². The summed E-state index contributed by atoms with van der Waals surface area (Å²) in [6.45, 7) is 9.86. The largest absolute Gasteiger partial charge is 0.309 e. The monoisotopic (exact) mass is 488 g/mol. The van der Waals surface area contributed by atoms with E-state index in [1.54, 1.807) is 0 Å². The Morgan fingerprint density at radius 3 is 0.879 bits per heavy atom. The lowest BCUT2D eigenvalue weighted by atomic mass is 10.1. The molecule has 0 unspecified atom stereocenters. The van der Waals surface area contributed by atoms with Gasteiger partial charge in [0, 0.05) is 0 Å². The van der Waals surface area contributed by atoms with Crippen molar-refractivity contribution in [1.29, 1.82) is 0 Å². The standard InChI is InChI=1S/C30H64N2.ClH/c1-5-7-9-11-13-15-17-19-21-23-28-32(30-26-25-27-31(3)4)29-24-22-20-18-16-14-12-10-8-6-2;/h5-30H2,1-4H3;1H. The van der Waals surface area contributed by atoms with Crippen LogP contribution in [0.25, 0.3) is 0 Å². The van der Waals surface area contributed by atoms with Crippen LogP contribution in [-0.2, 0) is 0 Å². The van der Waals surface area contributed by atoms with E-state index in [0.29, 0.717) is 0 Å². The van der Waals surface area contributed by atoms with E-state index in [4.69, 9.17) is 0 Å². The third kappa shape index (κ3) is 30.2. The normalized spacial score (nSPS) is 11.5. The molecule has 33 heavy (non-hydrogen) atoms. The van der Waals surface area contributed by atoms with Crippen LogP contribution >= 0.6 is 12.4 Å². The minimum atomic E-state index is 0. The molecule has 0 saturated heterocycles. The molecule has 0 aromatic heterocycles. The smallest absolute Gasteiger partial charge is 0.00183 e. The number of rotatable bonds is 27. The fourth-order valence-electron chi connectivity index (χ4n) is 4.74. The van der Waals surface area contributed by atoms with Gasteiger partial charge in [-0.3, -0.25) is 0 Å². The Labute approximate surface area is 217 Å². The van der Waals surface area contributed by atoms with Crippen molar-refractivity contribution < 1.29 is 0 Å². The van der Waals surface area contributed by atoms with Crippen LogP contribution in [0, 0.1) is 0 Å². The van der Waals surface area contributed by atoms with Crippen molar-refractivity contribution in [2.45, 2.75) is 155 Å². The van der Waals surface area contributed by atoms with Gasteiger partial charge in [-0.05, 0) is 66.0 Å². The molecule has 0 saturated carbocycles. The second kappa shape index (κ2) is 30.2. The molecular weight excluding hydrogens is 424 g/mol. The Bertz CT molecular complexity index is 311. The van der Waals surface area contributed by atoms with Crippen LogP contribution in [0.5, 0.6) is 0 Å². The van der Waals surface area contributed by atoms with Gasteiger partial charge < -0.3 is 9.80 Å². The van der Waals surface area contributed by atoms with Gasteiger partial charge in [-0.2, -0.15) is 0 Å². The van der Waals surface area contributed by atoms with Crippen LogP contribution in [-0.4, -0.2) is 50.1 Å². The van der Waals surface area contributed by atoms with Crippen molar-refractivity contribution >= 4 is 12.4 Å². The van der Waals surface area contributed by atoms with Crippen LogP contribution < -0.4 is 0 Å². The molecule has 0 amide bonds. The quantitative estimate of drug-likeness (QED) is 0.106. The lowest BCUT2D eigenvalue weighted by Crippen LogP contribution is -2.28. The van der Waals surface area contributed by atoms with Gasteiger partial charge in [0.25, 0.3) is 0 Å². The molecule has 0 aliphatic rings. The Morgan fingerprint density at radius 1 is 0.333 bits per heavy atom. The molecule has 0 aromatic carbocycles. The zero-order chi connectivity index (χ0) is 23.5. The highest BCUT2D eigenvalue weighted by atomic mass is 35.5. The fourth-order valence-corrected chi connectivity index (χ4v) is 4.74. The summed E-state index contributed by atoms with van der Waals surface area (Å²) >= 11 is 0. The van der Waals surface area contributed by atoms with Crippen molar-refractivity contribution in [2.75, 3.05) is 40.3 Å². The summed E-state index contributed by atoms with van der Waals surface area (Å²) in [5.41, 5.74) is 0. The minimum absolute atomic E-state index is 0. The Kier molecular flexibility index (Phi) is 32.4. The van der Waals surface area contributed by atoms with Crippen LogP contribution in [0.3, 0.4) is 0 Å². The molecule has 0 N–H and O–H groups in total. The van der Waals surface area contributed by atoms with Gasteiger partial charge in [0.2, 0.25) is 0 Å². The van der Waals surface area contributed by atoms with Gasteiger partial charge in [0.15, 0.2) is 0 Å². The van der Waals surface area contributed by atoms with Crippen molar-refractivity contribution in [3.8, 4) is 0 Å². The van der Waals surface area contributed by atoms with Gasteiger partial charge in [0.05, 0.1) is 0 Å². The molecule has 0 atom stereocenters. The summed E-state index contributed by atoms with van der Waals surface area (Å²) in [6.07, 6.45) is 31.6. The highest BCUT2D eigenvalue weighted by molar-refractivity contribution is 5.85. The first-order valence-corrected chi connectivity index (χ1v) is 15.1. The molecule has 0 rings (SSSR count). The van der Waals surface area contributed by atoms with E-state index >= 15 is 0 Å². The predicted molar refractivity (Wildman–Crippen MR) is 155 cm³/mol. The Balaban J connectivity index is 0. The van der Waals surface area contributed by atoms with Crippen molar-refractivity contribution in [3.63, 3.8) is 0 Å². The summed E-state index contributed by atoms with van der Waals surface area (Å²) < 4.78 is 0. The van der Waals surface area contributed by atoms with Gasteiger partial charge in [-0.15, -0.1) is 12.4 Å². The van der Waals surface area contributed by atoms with E-state index in [-0.39, 0.29) is 12.4 Å². The zero-order valence-electron chi connectivity index (χ0n) is 23.7. The zero-order valence-corrected chi connectivity index (χ0v) is 24.5. The molecule has 2 nitrogen and oxygen atoms in total. The third-order valence-electron chi connectivity index (χ3n) is 6.99. The Hall–Kier alpha value is 0.210. The minimum Gasteiger partial charge on any atom is -0.309 e. The molecule has 0 aromatic rings. The average Bonchev–Trinajstić information content (AvgIpc) is 2.78. The fraction of sp³-hybridized carbons (Fsp3) is 1.00. The first kappa shape index (κ1) is 35.4. The number of hydrogen-bond acceptors (Lipinski definition) is 2. The van der Waals surface area contributed by atoms with Gasteiger partial charge in [-0.1, -0.05) is 129 Å². The second-order valence-corrected chi connectivity index (χ2v) is 10.7. The van der Waals surface area contributed by atoms with Gasteiger partial charge >= 0.3 is 0 Å². The van der Waals surface area contributed by atoms with Gasteiger partial charge in [-0.25, -0.2) is 0 Å². The number of halogens is 1. The summed E-state index contributed by atoms with van der Waals surface area (Å²) in [5.74, 6) is 0. The molecule has 3 heteroatoms. The molecule has 0 aliphatic carbocycles.